The van der Waals surface area contributed by atoms with Gasteiger partial charge >= 0.3 is 0 Å². The van der Waals surface area contributed by atoms with Gasteiger partial charge in [0.2, 0.25) is 0 Å². The van der Waals surface area contributed by atoms with E-state index in [1.807, 2.05) is 35.0 Å². The average molecular weight is 1370 g/mol. The first-order valence-corrected chi connectivity index (χ1v) is 30.9. The molecule has 93 heavy (non-hydrogen) atoms. The number of pyridine rings is 2. The van der Waals surface area contributed by atoms with E-state index in [1.165, 1.54) is 26.9 Å². The van der Waals surface area contributed by atoms with Crippen LogP contribution in [0.4, 0.5) is 0 Å². The van der Waals surface area contributed by atoms with E-state index in [1.54, 1.807) is 6.20 Å². The number of fused-ring (bicyclic) bond motifs is 13. The Hall–Kier alpha value is -11.9. The molecule has 0 unspecified atom stereocenters. The van der Waals surface area contributed by atoms with Crippen LogP contribution in [0.15, 0.2) is 304 Å². The van der Waals surface area contributed by atoms with E-state index in [-0.39, 0.29) is 21.1 Å². The number of aromatic nitrogens is 8. The molecule has 0 radical (unpaired) electrons. The van der Waals surface area contributed by atoms with Crippen LogP contribution in [0.2, 0.25) is 0 Å². The fourth-order valence-corrected chi connectivity index (χ4v) is 14.3. The molecule has 0 fully saturated rings. The van der Waals surface area contributed by atoms with E-state index in [4.69, 9.17) is 14.7 Å². The second-order valence-corrected chi connectivity index (χ2v) is 23.3. The van der Waals surface area contributed by atoms with Gasteiger partial charge < -0.3 is 23.0 Å². The van der Waals surface area contributed by atoms with Crippen LogP contribution in [-0.2, 0) is 21.1 Å². The standard InChI is InChI=1S/C83H50N8O.Pt/c1-3-21-54(22-4-1)60-25-7-12-33-70(60)86-53-87(77-39-18-17-38-76(77)86)81-51-59(47-48-84-81)92-58-43-44-66-69-49-55(61-30-19-31-67-64-28-10-13-34-71(64)88(82(61)67)56-23-5-2-6-24-56)41-45-75(69)91(79(66)50-58)80-46-42-57(52-85-80)89-72-35-14-11-29-65(72)68-32-20-40-78(83(68)89)90-73-36-15-8-26-62(73)63-27-9-16-37-74(63)90;/h1-49,52H;/q-2;. The first kappa shape index (κ1) is 54.1. The minimum Gasteiger partial charge on any atom is -0.522 e. The molecule has 7 heterocycles. The third-order valence-electron chi connectivity index (χ3n) is 18.3. The van der Waals surface area contributed by atoms with Crippen LogP contribution >= 0.6 is 0 Å². The molecule has 0 aliphatic carbocycles. The summed E-state index contributed by atoms with van der Waals surface area (Å²) in [5.41, 5.74) is 19.1. The zero-order valence-electron chi connectivity index (χ0n) is 49.7. The molecule has 0 saturated carbocycles. The molecule has 0 aliphatic heterocycles. The third kappa shape index (κ3) is 8.47. The molecule has 19 aromatic rings. The summed E-state index contributed by atoms with van der Waals surface area (Å²) in [6.07, 6.45) is 7.42. The van der Waals surface area contributed by atoms with Crippen LogP contribution in [0.5, 0.6) is 11.5 Å². The van der Waals surface area contributed by atoms with E-state index in [2.05, 4.69) is 308 Å². The van der Waals surface area contributed by atoms with Gasteiger partial charge in [-0.25, -0.2) is 4.98 Å². The monoisotopic (exact) mass is 1370 g/mol. The van der Waals surface area contributed by atoms with Gasteiger partial charge in [-0.05, 0) is 94.6 Å². The Labute approximate surface area is 548 Å². The number of nitrogens with zero attached hydrogens (tertiary/aromatic N) is 8. The quantitative estimate of drug-likeness (QED) is 0.101. The smallest absolute Gasteiger partial charge is 0.269 e. The summed E-state index contributed by atoms with van der Waals surface area (Å²) in [4.78, 5) is 10.3. The molecule has 0 N–H and O–H groups in total. The fraction of sp³-hybridized carbons (Fsp3) is 0. The van der Waals surface area contributed by atoms with Crippen LogP contribution in [0.25, 0.3) is 155 Å². The number of hydrogen-bond donors (Lipinski definition) is 0. The minimum atomic E-state index is 0. The molecule has 0 spiro atoms. The molecule has 10 heteroatoms. The van der Waals surface area contributed by atoms with E-state index >= 15 is 0 Å². The zero-order valence-corrected chi connectivity index (χ0v) is 51.9. The van der Waals surface area contributed by atoms with Crippen molar-refractivity contribution in [3.8, 4) is 68.1 Å². The van der Waals surface area contributed by atoms with E-state index in [0.29, 0.717) is 17.3 Å². The summed E-state index contributed by atoms with van der Waals surface area (Å²) in [6.45, 7) is 0. The van der Waals surface area contributed by atoms with Crippen molar-refractivity contribution in [1.29, 1.82) is 0 Å². The number of para-hydroxylation sites is 10. The van der Waals surface area contributed by atoms with Crippen LogP contribution in [0.1, 0.15) is 0 Å². The van der Waals surface area contributed by atoms with Gasteiger partial charge in [0.25, 0.3) is 6.33 Å². The molecular formula is C83H50N8OPt-2. The predicted molar refractivity (Wildman–Crippen MR) is 372 cm³/mol. The van der Waals surface area contributed by atoms with Crippen molar-refractivity contribution in [3.05, 3.63) is 322 Å². The van der Waals surface area contributed by atoms with Crippen LogP contribution < -0.4 is 9.30 Å². The van der Waals surface area contributed by atoms with Crippen molar-refractivity contribution < 1.29 is 30.4 Å². The molecule has 0 bridgehead atoms. The molecule has 12 aromatic carbocycles. The van der Waals surface area contributed by atoms with Gasteiger partial charge in [-0.1, -0.05) is 218 Å². The van der Waals surface area contributed by atoms with Crippen molar-refractivity contribution in [1.82, 2.24) is 32.8 Å². The zero-order chi connectivity index (χ0) is 60.4. The van der Waals surface area contributed by atoms with E-state index in [0.717, 1.165) is 122 Å². The largest absolute Gasteiger partial charge is 0.522 e. The SMILES string of the molecule is [Pt].[c-]1c(Oc2[c-]c3c(cc2)c2cc(-c4cccc5c6ccccc6n(-c6ccccc6)c45)ccc2n3-c2ccc(-n3c4ccccc4c4cccc(-n5c6ccccc6c6ccccc65)c43)cn2)ccnc1-n1[c-][n+](-c2ccccc2-c2ccccc2)c2ccccc21. The summed E-state index contributed by atoms with van der Waals surface area (Å²) >= 11 is 0. The van der Waals surface area contributed by atoms with Crippen LogP contribution in [0, 0.1) is 18.5 Å². The molecular weight excluding hydrogens is 1320 g/mol. The predicted octanol–water partition coefficient (Wildman–Crippen LogP) is 19.6. The van der Waals surface area contributed by atoms with Gasteiger partial charge in [0, 0.05) is 75.9 Å². The van der Waals surface area contributed by atoms with Crippen molar-refractivity contribution in [2.75, 3.05) is 0 Å². The van der Waals surface area contributed by atoms with Crippen molar-refractivity contribution >= 4 is 98.3 Å². The summed E-state index contributed by atoms with van der Waals surface area (Å²) < 4.78 is 20.3. The van der Waals surface area contributed by atoms with Crippen molar-refractivity contribution in [2.45, 2.75) is 0 Å². The summed E-state index contributed by atoms with van der Waals surface area (Å²) in [6, 6.07) is 110. The van der Waals surface area contributed by atoms with Gasteiger partial charge in [-0.2, -0.15) is 18.2 Å². The molecule has 440 valence electrons. The number of imidazole rings is 1. The van der Waals surface area contributed by atoms with E-state index < -0.39 is 0 Å². The second kappa shape index (κ2) is 21.7. The maximum Gasteiger partial charge on any atom is 0.269 e. The number of rotatable bonds is 10. The van der Waals surface area contributed by atoms with Crippen LogP contribution in [0.3, 0.4) is 0 Å². The fourth-order valence-electron chi connectivity index (χ4n) is 14.3. The molecule has 0 aliphatic rings. The molecule has 0 saturated heterocycles. The van der Waals surface area contributed by atoms with Gasteiger partial charge in [0.05, 0.1) is 73.2 Å². The summed E-state index contributed by atoms with van der Waals surface area (Å²) in [5.74, 6) is 2.27. The Kier molecular flexibility index (Phi) is 12.6. The Balaban J connectivity index is 0.00000637. The first-order chi connectivity index (χ1) is 45.7. The summed E-state index contributed by atoms with van der Waals surface area (Å²) in [5, 5.41) is 9.22. The van der Waals surface area contributed by atoms with E-state index in [9.17, 15) is 0 Å². The Morgan fingerprint density at radius 2 is 0.925 bits per heavy atom. The topological polar surface area (TPSA) is 63.5 Å². The Morgan fingerprint density at radius 1 is 0.355 bits per heavy atom. The number of benzene rings is 12. The van der Waals surface area contributed by atoms with Gasteiger partial charge in [-0.3, -0.25) is 14.1 Å². The Morgan fingerprint density at radius 3 is 1.65 bits per heavy atom. The molecule has 19 rings (SSSR count). The second-order valence-electron chi connectivity index (χ2n) is 23.3. The number of ether oxygens (including phenoxy) is 1. The van der Waals surface area contributed by atoms with Gasteiger partial charge in [-0.15, -0.1) is 17.5 Å². The van der Waals surface area contributed by atoms with Crippen molar-refractivity contribution in [2.24, 2.45) is 0 Å². The minimum absolute atomic E-state index is 0. The maximum atomic E-state index is 6.86. The molecule has 9 nitrogen and oxygen atoms in total. The van der Waals surface area contributed by atoms with Crippen LogP contribution in [-0.4, -0.2) is 32.8 Å². The molecule has 7 aromatic heterocycles. The number of hydrogen-bond acceptors (Lipinski definition) is 3. The van der Waals surface area contributed by atoms with Gasteiger partial charge in [0.1, 0.15) is 5.82 Å². The Bertz CT molecular complexity index is 6120. The molecule has 0 atom stereocenters. The average Bonchev–Trinajstić information content (AvgIpc) is 1.60. The maximum absolute atomic E-state index is 6.86. The first-order valence-electron chi connectivity index (χ1n) is 30.9. The van der Waals surface area contributed by atoms with Crippen molar-refractivity contribution in [3.63, 3.8) is 0 Å². The summed E-state index contributed by atoms with van der Waals surface area (Å²) in [7, 11) is 0. The normalized spacial score (nSPS) is 11.8. The molecule has 0 amide bonds. The third-order valence-corrected chi connectivity index (χ3v) is 18.3. The van der Waals surface area contributed by atoms with Gasteiger partial charge in [0.15, 0.2) is 0 Å².